The number of rotatable bonds is 15. The second-order valence-corrected chi connectivity index (χ2v) is 22.8. The van der Waals surface area contributed by atoms with E-state index in [-0.39, 0.29) is 0 Å². The molecule has 0 fully saturated rings. The molecule has 0 aliphatic rings. The molecule has 0 heterocycles. The maximum Gasteiger partial charge on any atom is 0.511 e. The molecule has 0 spiro atoms. The van der Waals surface area contributed by atoms with Crippen molar-refractivity contribution >= 4 is 22.3 Å². The number of hydrogen-bond acceptors (Lipinski definition) is 3. The third-order valence-corrected chi connectivity index (χ3v) is 15.8. The second kappa shape index (κ2) is 13.7. The average molecular weight is 501 g/mol. The lowest BCUT2D eigenvalue weighted by molar-refractivity contribution is 0.144. The van der Waals surface area contributed by atoms with Gasteiger partial charge in [0.15, 0.2) is 0 Å². The van der Waals surface area contributed by atoms with Crippen molar-refractivity contribution in [3.63, 3.8) is 0 Å². The molecule has 6 heteroatoms. The van der Waals surface area contributed by atoms with Gasteiger partial charge < -0.3 is 14.6 Å². The van der Waals surface area contributed by atoms with E-state index in [0.29, 0.717) is 5.75 Å². The molecular weight excluding hydrogens is 456 g/mol. The third-order valence-electron chi connectivity index (χ3n) is 6.02. The lowest BCUT2D eigenvalue weighted by Gasteiger charge is -2.29. The van der Waals surface area contributed by atoms with Crippen LogP contribution in [0.4, 0.5) is 4.79 Å². The summed E-state index contributed by atoms with van der Waals surface area (Å²) in [6.45, 7) is 13.5. The van der Waals surface area contributed by atoms with Crippen molar-refractivity contribution in [2.24, 2.45) is 0 Å². The van der Waals surface area contributed by atoms with Crippen LogP contribution in [0.3, 0.4) is 0 Å². The van der Waals surface area contributed by atoms with Crippen LogP contribution in [0.2, 0.25) is 44.4 Å². The van der Waals surface area contributed by atoms with E-state index in [1.165, 1.54) is 44.6 Å². The van der Waals surface area contributed by atoms with Crippen LogP contribution in [-0.4, -0.2) is 34.0 Å². The third kappa shape index (κ3) is 11.9. The van der Waals surface area contributed by atoms with E-state index in [0.717, 1.165) is 29.9 Å². The van der Waals surface area contributed by atoms with Gasteiger partial charge in [0.05, 0.1) is 6.61 Å². The molecule has 0 bridgehead atoms. The molecule has 34 heavy (non-hydrogen) atoms. The summed E-state index contributed by atoms with van der Waals surface area (Å²) in [5.74, 6) is 1.21. The lowest BCUT2D eigenvalue weighted by atomic mass is 10.1. The van der Waals surface area contributed by atoms with Crippen molar-refractivity contribution in [1.29, 1.82) is 0 Å². The highest BCUT2D eigenvalue weighted by atomic mass is 28.4. The predicted octanol–water partition coefficient (Wildman–Crippen LogP) is 9.11. The van der Waals surface area contributed by atoms with E-state index < -0.39 is 22.3 Å². The van der Waals surface area contributed by atoms with Crippen LogP contribution in [0.5, 0.6) is 11.5 Å². The Morgan fingerprint density at radius 2 is 1.18 bits per heavy atom. The van der Waals surface area contributed by atoms with Crippen LogP contribution in [-0.2, 0) is 0 Å². The minimum Gasteiger partial charge on any atom is -0.494 e. The summed E-state index contributed by atoms with van der Waals surface area (Å²) in [6, 6.07) is 16.6. The van der Waals surface area contributed by atoms with E-state index in [1.807, 2.05) is 36.4 Å². The van der Waals surface area contributed by atoms with Gasteiger partial charge in [0, 0.05) is 16.1 Å². The van der Waals surface area contributed by atoms with Crippen molar-refractivity contribution < 1.29 is 19.4 Å². The number of carboxylic acid groups (broad SMARTS) is 1. The van der Waals surface area contributed by atoms with Crippen LogP contribution < -0.4 is 9.47 Å². The van der Waals surface area contributed by atoms with Gasteiger partial charge in [-0.15, -0.1) is 0 Å². The SMILES string of the molecule is C[Si](C)(C)C[Si](C)(C)CCCCCCCCCOc1ccc(-c2ccc(OC(=O)O)cc2)cc1. The maximum absolute atomic E-state index is 10.6. The Balaban J connectivity index is 1.55. The fourth-order valence-electron chi connectivity index (χ4n) is 4.86. The van der Waals surface area contributed by atoms with Gasteiger partial charge in [-0.25, -0.2) is 4.79 Å². The standard InChI is InChI=1S/C28H44O4Si2/c1-33(2,3)23-34(4,5)22-12-10-8-6-7-9-11-21-31-26-17-13-24(14-18-26)25-15-19-27(20-16-25)32-28(29)30/h13-20H,6-12,21-23H2,1-5H3,(H,29,30). The molecule has 0 atom stereocenters. The van der Waals surface area contributed by atoms with Gasteiger partial charge in [-0.1, -0.05) is 107 Å². The van der Waals surface area contributed by atoms with Crippen LogP contribution in [0.15, 0.2) is 48.5 Å². The Hall–Kier alpha value is -2.06. The summed E-state index contributed by atoms with van der Waals surface area (Å²) in [5, 5.41) is 8.66. The molecule has 2 aromatic carbocycles. The van der Waals surface area contributed by atoms with Crippen molar-refractivity contribution in [3.8, 4) is 22.6 Å². The summed E-state index contributed by atoms with van der Waals surface area (Å²) < 4.78 is 10.6. The molecule has 2 rings (SSSR count). The quantitative estimate of drug-likeness (QED) is 0.115. The van der Waals surface area contributed by atoms with E-state index in [4.69, 9.17) is 9.84 Å². The number of unbranched alkanes of at least 4 members (excludes halogenated alkanes) is 6. The van der Waals surface area contributed by atoms with Crippen LogP contribution in [0.25, 0.3) is 11.1 Å². The molecule has 0 aliphatic carbocycles. The predicted molar refractivity (Wildman–Crippen MR) is 149 cm³/mol. The van der Waals surface area contributed by atoms with E-state index >= 15 is 0 Å². The van der Waals surface area contributed by atoms with Gasteiger partial charge in [-0.2, -0.15) is 0 Å². The fraction of sp³-hybridized carbons (Fsp3) is 0.536. The first-order valence-electron chi connectivity index (χ1n) is 12.8. The van der Waals surface area contributed by atoms with Crippen molar-refractivity contribution in [1.82, 2.24) is 0 Å². The molecule has 0 amide bonds. The smallest absolute Gasteiger partial charge is 0.494 e. The number of benzene rings is 2. The number of ether oxygens (including phenoxy) is 2. The summed E-state index contributed by atoms with van der Waals surface area (Å²) >= 11 is 0. The zero-order valence-electron chi connectivity index (χ0n) is 21.9. The normalized spacial score (nSPS) is 11.9. The summed E-state index contributed by atoms with van der Waals surface area (Å²) in [7, 11) is -1.87. The number of hydrogen-bond donors (Lipinski definition) is 1. The van der Waals surface area contributed by atoms with Gasteiger partial charge in [0.2, 0.25) is 0 Å². The summed E-state index contributed by atoms with van der Waals surface area (Å²) in [6.07, 6.45) is 7.90. The lowest BCUT2D eigenvalue weighted by Crippen LogP contribution is -2.37. The monoisotopic (exact) mass is 500 g/mol. The second-order valence-electron chi connectivity index (χ2n) is 11.4. The van der Waals surface area contributed by atoms with Gasteiger partial charge >= 0.3 is 6.16 Å². The molecule has 2 aromatic rings. The fourth-order valence-corrected chi connectivity index (χ4v) is 18.3. The van der Waals surface area contributed by atoms with Crippen molar-refractivity contribution in [2.45, 2.75) is 89.4 Å². The Bertz CT molecular complexity index is 855. The minimum atomic E-state index is -1.30. The molecule has 188 valence electrons. The first-order chi connectivity index (χ1) is 16.0. The Labute approximate surface area is 208 Å². The summed E-state index contributed by atoms with van der Waals surface area (Å²) in [4.78, 5) is 10.6. The number of carbonyl (C=O) groups is 1. The molecule has 0 aliphatic heterocycles. The Morgan fingerprint density at radius 3 is 1.68 bits per heavy atom. The first-order valence-corrected chi connectivity index (χ1v) is 19.9. The first kappa shape index (κ1) is 28.2. The molecule has 1 N–H and O–H groups in total. The highest BCUT2D eigenvalue weighted by Gasteiger charge is 2.27. The Kier molecular flexibility index (Phi) is 11.4. The maximum atomic E-state index is 10.6. The zero-order valence-corrected chi connectivity index (χ0v) is 23.9. The molecule has 0 saturated heterocycles. The van der Waals surface area contributed by atoms with Crippen molar-refractivity contribution in [3.05, 3.63) is 48.5 Å². The van der Waals surface area contributed by atoms with Gasteiger partial charge in [0.25, 0.3) is 0 Å². The topological polar surface area (TPSA) is 55.8 Å². The summed E-state index contributed by atoms with van der Waals surface area (Å²) in [5.41, 5.74) is 3.63. The molecule has 0 saturated carbocycles. The van der Waals surface area contributed by atoms with Crippen LogP contribution in [0, 0.1) is 0 Å². The van der Waals surface area contributed by atoms with Gasteiger partial charge in [-0.05, 0) is 41.8 Å². The highest BCUT2D eigenvalue weighted by molar-refractivity contribution is 6.94. The Morgan fingerprint density at radius 1 is 0.706 bits per heavy atom. The van der Waals surface area contributed by atoms with Crippen LogP contribution >= 0.6 is 0 Å². The van der Waals surface area contributed by atoms with Gasteiger partial charge in [-0.3, -0.25) is 0 Å². The van der Waals surface area contributed by atoms with Crippen LogP contribution in [0.1, 0.15) is 44.9 Å². The molecule has 4 nitrogen and oxygen atoms in total. The van der Waals surface area contributed by atoms with Gasteiger partial charge in [0.1, 0.15) is 11.5 Å². The largest absolute Gasteiger partial charge is 0.511 e. The van der Waals surface area contributed by atoms with E-state index in [1.54, 1.807) is 17.8 Å². The molecule has 0 radical (unpaired) electrons. The molecular formula is C28H44O4Si2. The van der Waals surface area contributed by atoms with Crippen molar-refractivity contribution in [2.75, 3.05) is 6.61 Å². The van der Waals surface area contributed by atoms with E-state index in [9.17, 15) is 4.79 Å². The minimum absolute atomic E-state index is 0.319. The highest BCUT2D eigenvalue weighted by Crippen LogP contribution is 2.26. The molecule has 0 aromatic heterocycles. The van der Waals surface area contributed by atoms with E-state index in [2.05, 4.69) is 37.5 Å². The zero-order chi connectivity index (χ0) is 25.0. The average Bonchev–Trinajstić information content (AvgIpc) is 2.74. The molecule has 0 unspecified atom stereocenters.